The molecule has 1 amide bonds. The molecule has 0 fully saturated rings. The van der Waals surface area contributed by atoms with Crippen LogP contribution in [0.15, 0.2) is 12.2 Å². The van der Waals surface area contributed by atoms with Gasteiger partial charge in [-0.1, -0.05) is 264 Å². The fraction of sp³-hybridized carbons (Fsp3) is 0.944. The molecule has 376 valence electrons. The number of allylic oxidation sites excluding steroid dienone is 1. The number of carbonyl (C=O) groups excluding carboxylic acids is 1. The van der Waals surface area contributed by atoms with Crippen molar-refractivity contribution in [2.75, 3.05) is 40.9 Å². The lowest BCUT2D eigenvalue weighted by molar-refractivity contribution is -0.870. The number of aliphatic hydroxyl groups is 1. The predicted octanol–water partition coefficient (Wildman–Crippen LogP) is 15.6. The summed E-state index contributed by atoms with van der Waals surface area (Å²) in [6.45, 7) is 4.65. The van der Waals surface area contributed by atoms with Crippen molar-refractivity contribution < 1.29 is 32.9 Å². The summed E-state index contributed by atoms with van der Waals surface area (Å²) in [7, 11) is 1.27. The molecule has 0 radical (unpaired) electrons. The molecular weight excluding hydrogens is 804 g/mol. The number of unbranched alkanes of at least 4 members (excludes halogenated alkanes) is 38. The lowest BCUT2D eigenvalue weighted by atomic mass is 10.0. The Kier molecular flexibility index (Phi) is 45.8. The van der Waals surface area contributed by atoms with Crippen molar-refractivity contribution in [2.45, 2.75) is 289 Å². The number of hydrogen-bond donors (Lipinski definition) is 2. The number of phosphoric acid groups is 1. The van der Waals surface area contributed by atoms with Crippen molar-refractivity contribution in [3.8, 4) is 0 Å². The van der Waals surface area contributed by atoms with Crippen molar-refractivity contribution in [1.29, 1.82) is 0 Å². The molecule has 0 aliphatic rings. The van der Waals surface area contributed by atoms with Crippen molar-refractivity contribution in [3.63, 3.8) is 0 Å². The molecule has 3 atom stereocenters. The van der Waals surface area contributed by atoms with E-state index in [-0.39, 0.29) is 19.1 Å². The first-order chi connectivity index (χ1) is 30.5. The maximum atomic E-state index is 12.9. The fourth-order valence-electron chi connectivity index (χ4n) is 8.39. The average molecular weight is 913 g/mol. The van der Waals surface area contributed by atoms with Crippen LogP contribution in [0, 0.1) is 0 Å². The molecule has 0 aromatic carbocycles. The van der Waals surface area contributed by atoms with E-state index in [1.54, 1.807) is 6.08 Å². The van der Waals surface area contributed by atoms with E-state index < -0.39 is 20.0 Å². The zero-order valence-corrected chi connectivity index (χ0v) is 43.7. The molecule has 0 rings (SSSR count). The molecular formula is C54H109N2O6P. The minimum absolute atomic E-state index is 0.00190. The summed E-state index contributed by atoms with van der Waals surface area (Å²) in [5.41, 5.74) is 0. The number of hydrogen-bond acceptors (Lipinski definition) is 6. The van der Waals surface area contributed by atoms with Gasteiger partial charge in [0.2, 0.25) is 5.91 Å². The summed E-state index contributed by atoms with van der Waals surface area (Å²) in [5, 5.41) is 13.8. The van der Waals surface area contributed by atoms with Gasteiger partial charge in [0.15, 0.2) is 0 Å². The van der Waals surface area contributed by atoms with E-state index in [2.05, 4.69) is 19.2 Å². The Balaban J connectivity index is 3.88. The van der Waals surface area contributed by atoms with Crippen LogP contribution in [-0.2, 0) is 18.4 Å². The summed E-state index contributed by atoms with van der Waals surface area (Å²) in [5.74, 6) is -0.194. The largest absolute Gasteiger partial charge is 0.756 e. The minimum atomic E-state index is -4.58. The third kappa shape index (κ3) is 49.0. The molecule has 2 N–H and O–H groups in total. The van der Waals surface area contributed by atoms with Crippen molar-refractivity contribution in [2.24, 2.45) is 0 Å². The van der Waals surface area contributed by atoms with Gasteiger partial charge in [-0.05, 0) is 19.3 Å². The van der Waals surface area contributed by atoms with E-state index in [9.17, 15) is 19.4 Å². The van der Waals surface area contributed by atoms with E-state index in [4.69, 9.17) is 9.05 Å². The second-order valence-electron chi connectivity index (χ2n) is 20.3. The number of phosphoric ester groups is 1. The molecule has 0 aliphatic carbocycles. The predicted molar refractivity (Wildman–Crippen MR) is 270 cm³/mol. The number of nitrogens with one attached hydrogen (secondary N) is 1. The number of likely N-dealkylation sites (N-methyl/N-ethyl adjacent to an activating group) is 1. The van der Waals surface area contributed by atoms with Gasteiger partial charge in [-0.15, -0.1) is 0 Å². The number of quaternary nitrogens is 1. The van der Waals surface area contributed by atoms with Gasteiger partial charge >= 0.3 is 0 Å². The molecule has 0 aromatic rings. The van der Waals surface area contributed by atoms with Gasteiger partial charge in [0.25, 0.3) is 7.82 Å². The highest BCUT2D eigenvalue weighted by Gasteiger charge is 2.23. The Labute approximate surface area is 392 Å². The molecule has 3 unspecified atom stereocenters. The molecule has 0 saturated heterocycles. The zero-order valence-electron chi connectivity index (χ0n) is 42.8. The van der Waals surface area contributed by atoms with E-state index in [0.29, 0.717) is 17.4 Å². The van der Waals surface area contributed by atoms with Crippen LogP contribution < -0.4 is 10.2 Å². The second-order valence-corrected chi connectivity index (χ2v) is 21.7. The van der Waals surface area contributed by atoms with Crippen LogP contribution in [0.25, 0.3) is 0 Å². The first kappa shape index (κ1) is 62.2. The van der Waals surface area contributed by atoms with E-state index >= 15 is 0 Å². The number of carbonyl (C=O) groups is 1. The SMILES string of the molecule is CCCCCCCCC/C=C/C(O)C(COP(=O)([O-])OCC[N+](C)(C)C)NC(=O)CCCCCCCCCCCCCCCCCCCCCCCCCCCCCCCCCC. The lowest BCUT2D eigenvalue weighted by Crippen LogP contribution is -2.45. The minimum Gasteiger partial charge on any atom is -0.756 e. The highest BCUT2D eigenvalue weighted by molar-refractivity contribution is 7.45. The Hall–Kier alpha value is -0.760. The number of aliphatic hydroxyl groups excluding tert-OH is 1. The average Bonchev–Trinajstić information content (AvgIpc) is 3.24. The molecule has 9 heteroatoms. The molecule has 63 heavy (non-hydrogen) atoms. The van der Waals surface area contributed by atoms with Crippen LogP contribution in [-0.4, -0.2) is 68.5 Å². The Bertz CT molecular complexity index is 1040. The molecule has 0 spiro atoms. The van der Waals surface area contributed by atoms with Crippen LogP contribution in [0.1, 0.15) is 277 Å². The van der Waals surface area contributed by atoms with E-state index in [1.807, 2.05) is 27.2 Å². The second kappa shape index (κ2) is 46.4. The first-order valence-electron chi connectivity index (χ1n) is 27.6. The molecule has 0 aliphatic heterocycles. The quantitative estimate of drug-likeness (QED) is 0.0272. The van der Waals surface area contributed by atoms with E-state index in [0.717, 1.165) is 38.5 Å². The normalized spacial score (nSPS) is 14.1. The van der Waals surface area contributed by atoms with Crippen LogP contribution in [0.5, 0.6) is 0 Å². The monoisotopic (exact) mass is 913 g/mol. The summed E-state index contributed by atoms with van der Waals surface area (Å²) in [4.78, 5) is 25.3. The molecule has 0 heterocycles. The maximum Gasteiger partial charge on any atom is 0.268 e. The Morgan fingerprint density at radius 3 is 1.19 bits per heavy atom. The number of rotatable bonds is 51. The topological polar surface area (TPSA) is 108 Å². The summed E-state index contributed by atoms with van der Waals surface area (Å²) < 4.78 is 23.2. The third-order valence-corrected chi connectivity index (χ3v) is 13.7. The van der Waals surface area contributed by atoms with Gasteiger partial charge in [-0.3, -0.25) is 9.36 Å². The van der Waals surface area contributed by atoms with Crippen LogP contribution in [0.4, 0.5) is 0 Å². The van der Waals surface area contributed by atoms with Crippen molar-refractivity contribution in [3.05, 3.63) is 12.2 Å². The smallest absolute Gasteiger partial charge is 0.268 e. The van der Waals surface area contributed by atoms with Gasteiger partial charge in [-0.25, -0.2) is 0 Å². The first-order valence-corrected chi connectivity index (χ1v) is 29.0. The fourth-order valence-corrected chi connectivity index (χ4v) is 9.11. The molecule has 0 aromatic heterocycles. The van der Waals surface area contributed by atoms with Gasteiger partial charge < -0.3 is 28.8 Å². The standard InChI is InChI=1S/C54H109N2O6P/c1-6-8-10-12-14-16-17-18-19-20-21-22-23-24-25-26-27-28-29-30-31-32-33-34-35-36-37-38-40-42-44-46-48-54(58)55-52(51-62-63(59,60)61-50-49-56(3,4)5)53(57)47-45-43-41-39-15-13-11-9-7-2/h45,47,52-53,57H,6-44,46,48-51H2,1-5H3,(H-,55,58,59,60)/b47-45+. The highest BCUT2D eigenvalue weighted by atomic mass is 31.2. The lowest BCUT2D eigenvalue weighted by Gasteiger charge is -2.29. The van der Waals surface area contributed by atoms with Crippen LogP contribution in [0.2, 0.25) is 0 Å². The van der Waals surface area contributed by atoms with Gasteiger partial charge in [-0.2, -0.15) is 0 Å². The van der Waals surface area contributed by atoms with Gasteiger partial charge in [0, 0.05) is 6.42 Å². The zero-order chi connectivity index (χ0) is 46.4. The van der Waals surface area contributed by atoms with Crippen molar-refractivity contribution in [1.82, 2.24) is 5.32 Å². The van der Waals surface area contributed by atoms with Crippen LogP contribution in [0.3, 0.4) is 0 Å². The summed E-state index contributed by atoms with van der Waals surface area (Å²) in [6, 6.07) is -0.879. The van der Waals surface area contributed by atoms with Crippen LogP contribution >= 0.6 is 7.82 Å². The van der Waals surface area contributed by atoms with Gasteiger partial charge in [0.1, 0.15) is 13.2 Å². The molecule has 0 saturated carbocycles. The maximum absolute atomic E-state index is 12.9. The Morgan fingerprint density at radius 1 is 0.540 bits per heavy atom. The summed E-state index contributed by atoms with van der Waals surface area (Å²) in [6.07, 6.45) is 56.0. The summed E-state index contributed by atoms with van der Waals surface area (Å²) >= 11 is 0. The Morgan fingerprint density at radius 2 is 0.857 bits per heavy atom. The number of amides is 1. The highest BCUT2D eigenvalue weighted by Crippen LogP contribution is 2.38. The molecule has 0 bridgehead atoms. The van der Waals surface area contributed by atoms with Crippen molar-refractivity contribution >= 4 is 13.7 Å². The molecule has 8 nitrogen and oxygen atoms in total. The third-order valence-electron chi connectivity index (χ3n) is 12.7. The number of nitrogens with zero attached hydrogens (tertiary/aromatic N) is 1. The van der Waals surface area contributed by atoms with E-state index in [1.165, 1.54) is 218 Å². The van der Waals surface area contributed by atoms with Gasteiger partial charge in [0.05, 0.1) is 39.9 Å².